The van der Waals surface area contributed by atoms with Crippen molar-refractivity contribution in [2.24, 2.45) is 0 Å². The molecule has 0 bridgehead atoms. The topological polar surface area (TPSA) is 64.4 Å². The zero-order valence-corrected chi connectivity index (χ0v) is 14.5. The lowest BCUT2D eigenvalue weighted by Crippen LogP contribution is -2.15. The SMILES string of the molecule is Cc1ccc(OCc2c(C(=O)Nc3cccc(C)c3)noc2C)cc1. The van der Waals surface area contributed by atoms with Gasteiger partial charge in [0.15, 0.2) is 5.69 Å². The second-order valence-electron chi connectivity index (χ2n) is 5.99. The van der Waals surface area contributed by atoms with Gasteiger partial charge in [-0.1, -0.05) is 35.0 Å². The van der Waals surface area contributed by atoms with Crippen molar-refractivity contribution in [3.8, 4) is 5.75 Å². The number of benzene rings is 2. The van der Waals surface area contributed by atoms with Crippen molar-refractivity contribution in [1.82, 2.24) is 5.16 Å². The number of anilines is 1. The van der Waals surface area contributed by atoms with E-state index in [-0.39, 0.29) is 18.2 Å². The minimum atomic E-state index is -0.315. The Bertz CT molecular complexity index is 882. The number of rotatable bonds is 5. The van der Waals surface area contributed by atoms with Gasteiger partial charge in [-0.05, 0) is 50.6 Å². The average molecular weight is 336 g/mol. The van der Waals surface area contributed by atoms with E-state index in [9.17, 15) is 4.79 Å². The lowest BCUT2D eigenvalue weighted by atomic mass is 10.2. The molecule has 0 unspecified atom stereocenters. The first-order valence-corrected chi connectivity index (χ1v) is 8.05. The molecule has 1 aromatic heterocycles. The third kappa shape index (κ3) is 4.07. The van der Waals surface area contributed by atoms with Crippen LogP contribution in [0, 0.1) is 20.8 Å². The van der Waals surface area contributed by atoms with E-state index in [1.54, 1.807) is 6.92 Å². The van der Waals surface area contributed by atoms with Gasteiger partial charge >= 0.3 is 0 Å². The normalized spacial score (nSPS) is 10.5. The number of hydrogen-bond acceptors (Lipinski definition) is 4. The third-order valence-corrected chi connectivity index (χ3v) is 3.88. The molecule has 1 N–H and O–H groups in total. The molecule has 3 rings (SSSR count). The van der Waals surface area contributed by atoms with E-state index >= 15 is 0 Å². The van der Waals surface area contributed by atoms with Crippen LogP contribution in [0.4, 0.5) is 5.69 Å². The molecule has 0 fully saturated rings. The highest BCUT2D eigenvalue weighted by Gasteiger charge is 2.20. The van der Waals surface area contributed by atoms with Crippen LogP contribution in [0.1, 0.15) is 32.9 Å². The fourth-order valence-electron chi connectivity index (χ4n) is 2.44. The van der Waals surface area contributed by atoms with Gasteiger partial charge in [-0.2, -0.15) is 0 Å². The number of hydrogen-bond donors (Lipinski definition) is 1. The van der Waals surface area contributed by atoms with E-state index < -0.39 is 0 Å². The summed E-state index contributed by atoms with van der Waals surface area (Å²) < 4.78 is 11.0. The predicted octanol–water partition coefficient (Wildman–Crippen LogP) is 4.43. The standard InChI is InChI=1S/C20H20N2O3/c1-13-7-9-17(10-8-13)24-12-18-15(3)25-22-19(18)20(23)21-16-6-4-5-14(2)11-16/h4-11H,12H2,1-3H3,(H,21,23). The average Bonchev–Trinajstić information content (AvgIpc) is 2.95. The Kier molecular flexibility index (Phi) is 4.84. The monoisotopic (exact) mass is 336 g/mol. The van der Waals surface area contributed by atoms with Gasteiger partial charge in [0.1, 0.15) is 18.1 Å². The van der Waals surface area contributed by atoms with Crippen LogP contribution < -0.4 is 10.1 Å². The second kappa shape index (κ2) is 7.21. The fourth-order valence-corrected chi connectivity index (χ4v) is 2.44. The Morgan fingerprint density at radius 1 is 1.08 bits per heavy atom. The summed E-state index contributed by atoms with van der Waals surface area (Å²) in [5.41, 5.74) is 3.83. The molecule has 0 saturated heterocycles. The van der Waals surface area contributed by atoms with Crippen molar-refractivity contribution in [2.75, 3.05) is 5.32 Å². The molecule has 2 aromatic carbocycles. The molecule has 128 valence electrons. The fraction of sp³-hybridized carbons (Fsp3) is 0.200. The van der Waals surface area contributed by atoms with E-state index in [1.807, 2.05) is 62.4 Å². The molecule has 1 heterocycles. The zero-order chi connectivity index (χ0) is 17.8. The van der Waals surface area contributed by atoms with Gasteiger partial charge in [0.2, 0.25) is 0 Å². The van der Waals surface area contributed by atoms with Gasteiger partial charge in [-0.15, -0.1) is 0 Å². The molecule has 0 aliphatic heterocycles. The number of ether oxygens (including phenoxy) is 1. The van der Waals surface area contributed by atoms with Crippen LogP contribution in [0.3, 0.4) is 0 Å². The molecule has 0 saturated carbocycles. The van der Waals surface area contributed by atoms with Crippen molar-refractivity contribution in [2.45, 2.75) is 27.4 Å². The summed E-state index contributed by atoms with van der Waals surface area (Å²) in [6.45, 7) is 5.97. The molecule has 1 amide bonds. The van der Waals surface area contributed by atoms with E-state index in [2.05, 4.69) is 10.5 Å². The highest BCUT2D eigenvalue weighted by Crippen LogP contribution is 2.20. The van der Waals surface area contributed by atoms with Crippen LogP contribution >= 0.6 is 0 Å². The summed E-state index contributed by atoms with van der Waals surface area (Å²) in [5.74, 6) is 0.989. The number of amides is 1. The molecule has 5 nitrogen and oxygen atoms in total. The van der Waals surface area contributed by atoms with Gasteiger partial charge in [0, 0.05) is 5.69 Å². The predicted molar refractivity (Wildman–Crippen MR) is 95.9 cm³/mol. The number of carbonyl (C=O) groups excluding carboxylic acids is 1. The quantitative estimate of drug-likeness (QED) is 0.748. The van der Waals surface area contributed by atoms with Crippen molar-refractivity contribution >= 4 is 11.6 Å². The van der Waals surface area contributed by atoms with Crippen molar-refractivity contribution in [3.05, 3.63) is 76.7 Å². The minimum absolute atomic E-state index is 0.217. The summed E-state index contributed by atoms with van der Waals surface area (Å²) in [7, 11) is 0. The molecule has 0 spiro atoms. The van der Waals surface area contributed by atoms with Gasteiger partial charge in [-0.3, -0.25) is 4.79 Å². The largest absolute Gasteiger partial charge is 0.489 e. The lowest BCUT2D eigenvalue weighted by molar-refractivity contribution is 0.101. The summed E-state index contributed by atoms with van der Waals surface area (Å²) >= 11 is 0. The van der Waals surface area contributed by atoms with Crippen LogP contribution in [0.25, 0.3) is 0 Å². The van der Waals surface area contributed by atoms with Crippen molar-refractivity contribution in [3.63, 3.8) is 0 Å². The zero-order valence-electron chi connectivity index (χ0n) is 14.5. The number of aromatic nitrogens is 1. The molecule has 0 aliphatic rings. The van der Waals surface area contributed by atoms with Crippen LogP contribution in [-0.4, -0.2) is 11.1 Å². The molecule has 0 radical (unpaired) electrons. The molecule has 0 aliphatic carbocycles. The first-order valence-electron chi connectivity index (χ1n) is 8.05. The maximum atomic E-state index is 12.5. The summed E-state index contributed by atoms with van der Waals surface area (Å²) in [5, 5.41) is 6.74. The molecule has 0 atom stereocenters. The summed E-state index contributed by atoms with van der Waals surface area (Å²) in [6.07, 6.45) is 0. The first kappa shape index (κ1) is 16.8. The van der Waals surface area contributed by atoms with Gasteiger partial charge in [-0.25, -0.2) is 0 Å². The number of nitrogens with one attached hydrogen (secondary N) is 1. The number of aryl methyl sites for hydroxylation is 3. The van der Waals surface area contributed by atoms with Crippen LogP contribution in [0.2, 0.25) is 0 Å². The number of nitrogens with zero attached hydrogens (tertiary/aromatic N) is 1. The highest BCUT2D eigenvalue weighted by atomic mass is 16.5. The van der Waals surface area contributed by atoms with Crippen molar-refractivity contribution < 1.29 is 14.1 Å². The Morgan fingerprint density at radius 2 is 1.84 bits per heavy atom. The molecular formula is C20H20N2O3. The smallest absolute Gasteiger partial charge is 0.278 e. The van der Waals surface area contributed by atoms with E-state index in [0.29, 0.717) is 11.3 Å². The maximum Gasteiger partial charge on any atom is 0.278 e. The minimum Gasteiger partial charge on any atom is -0.489 e. The third-order valence-electron chi connectivity index (χ3n) is 3.88. The Hall–Kier alpha value is -3.08. The van der Waals surface area contributed by atoms with E-state index in [0.717, 1.165) is 22.6 Å². The van der Waals surface area contributed by atoms with Crippen LogP contribution in [0.5, 0.6) is 5.75 Å². The van der Waals surface area contributed by atoms with Crippen molar-refractivity contribution in [1.29, 1.82) is 0 Å². The Labute approximate surface area is 146 Å². The summed E-state index contributed by atoms with van der Waals surface area (Å²) in [6, 6.07) is 15.3. The van der Waals surface area contributed by atoms with Gasteiger partial charge in [0.25, 0.3) is 5.91 Å². The first-order chi connectivity index (χ1) is 12.0. The molecule has 25 heavy (non-hydrogen) atoms. The van der Waals surface area contributed by atoms with Gasteiger partial charge < -0.3 is 14.6 Å². The summed E-state index contributed by atoms with van der Waals surface area (Å²) in [4.78, 5) is 12.5. The Balaban J connectivity index is 1.74. The highest BCUT2D eigenvalue weighted by molar-refractivity contribution is 6.03. The van der Waals surface area contributed by atoms with Crippen LogP contribution in [-0.2, 0) is 6.61 Å². The maximum absolute atomic E-state index is 12.5. The van der Waals surface area contributed by atoms with E-state index in [1.165, 1.54) is 0 Å². The number of carbonyl (C=O) groups is 1. The second-order valence-corrected chi connectivity index (χ2v) is 5.99. The molecular weight excluding hydrogens is 316 g/mol. The van der Waals surface area contributed by atoms with Gasteiger partial charge in [0.05, 0.1) is 5.56 Å². The molecule has 3 aromatic rings. The molecule has 5 heteroatoms. The van der Waals surface area contributed by atoms with Crippen LogP contribution in [0.15, 0.2) is 53.1 Å². The lowest BCUT2D eigenvalue weighted by Gasteiger charge is -2.08. The Morgan fingerprint density at radius 3 is 2.56 bits per heavy atom. The van der Waals surface area contributed by atoms with E-state index in [4.69, 9.17) is 9.26 Å².